The Balaban J connectivity index is 1.29. The van der Waals surface area contributed by atoms with Crippen molar-refractivity contribution in [2.75, 3.05) is 44.2 Å². The molecule has 0 aliphatic carbocycles. The van der Waals surface area contributed by atoms with Crippen LogP contribution in [0.1, 0.15) is 51.5 Å². The molecule has 0 saturated carbocycles. The molecule has 34 heavy (non-hydrogen) atoms. The zero-order valence-corrected chi connectivity index (χ0v) is 20.1. The van der Waals surface area contributed by atoms with E-state index in [4.69, 9.17) is 4.74 Å². The van der Waals surface area contributed by atoms with Crippen LogP contribution in [-0.4, -0.2) is 78.7 Å². The predicted molar refractivity (Wildman–Crippen MR) is 125 cm³/mol. The van der Waals surface area contributed by atoms with Crippen LogP contribution in [0.3, 0.4) is 0 Å². The van der Waals surface area contributed by atoms with E-state index in [0.29, 0.717) is 36.8 Å². The molecule has 186 valence electrons. The SMILES string of the molecule is CC(C)(C)OC(=O)NN1CCN(C2CCN(c3ccc(C4CCC(=O)NC4=O)cc3F)C2)CC1. The van der Waals surface area contributed by atoms with Gasteiger partial charge in [0.1, 0.15) is 11.4 Å². The van der Waals surface area contributed by atoms with Gasteiger partial charge in [-0.25, -0.2) is 14.2 Å². The molecule has 1 aromatic carbocycles. The van der Waals surface area contributed by atoms with Gasteiger partial charge in [-0.15, -0.1) is 0 Å². The van der Waals surface area contributed by atoms with Gasteiger partial charge in [-0.1, -0.05) is 6.07 Å². The second-order valence-electron chi connectivity index (χ2n) is 10.2. The van der Waals surface area contributed by atoms with E-state index in [0.717, 1.165) is 32.6 Å². The van der Waals surface area contributed by atoms with Gasteiger partial charge >= 0.3 is 6.09 Å². The number of ether oxygens (including phenoxy) is 1. The van der Waals surface area contributed by atoms with Gasteiger partial charge in [-0.2, -0.15) is 0 Å². The molecule has 3 saturated heterocycles. The first-order valence-electron chi connectivity index (χ1n) is 12.0. The van der Waals surface area contributed by atoms with E-state index in [1.165, 1.54) is 6.07 Å². The predicted octanol–water partition coefficient (Wildman–Crippen LogP) is 1.98. The number of piperidine rings is 1. The fourth-order valence-corrected chi connectivity index (χ4v) is 4.90. The molecule has 0 bridgehead atoms. The minimum Gasteiger partial charge on any atom is -0.443 e. The largest absolute Gasteiger partial charge is 0.443 e. The lowest BCUT2D eigenvalue weighted by Crippen LogP contribution is -2.56. The number of imide groups is 1. The molecule has 3 heterocycles. The lowest BCUT2D eigenvalue weighted by atomic mass is 9.90. The summed E-state index contributed by atoms with van der Waals surface area (Å²) in [5, 5.41) is 4.21. The summed E-state index contributed by atoms with van der Waals surface area (Å²) in [4.78, 5) is 39.9. The first-order chi connectivity index (χ1) is 16.1. The van der Waals surface area contributed by atoms with Gasteiger partial charge in [0.2, 0.25) is 11.8 Å². The van der Waals surface area contributed by atoms with Crippen molar-refractivity contribution >= 4 is 23.6 Å². The number of hydrogen-bond donors (Lipinski definition) is 2. The van der Waals surface area contributed by atoms with Gasteiger partial charge in [-0.05, 0) is 51.3 Å². The molecule has 0 spiro atoms. The number of benzene rings is 1. The fourth-order valence-electron chi connectivity index (χ4n) is 4.90. The molecule has 10 heteroatoms. The standard InChI is InChI=1S/C24H34FN5O4/c1-24(2,3)34-23(33)27-30-12-10-28(11-13-30)17-8-9-29(15-17)20-6-4-16(14-19(20)25)18-5-7-21(31)26-22(18)32/h4,6,14,17-18H,5,7-13,15H2,1-3H3,(H,27,33)(H,26,31,32). The van der Waals surface area contributed by atoms with Gasteiger partial charge in [0.05, 0.1) is 11.6 Å². The highest BCUT2D eigenvalue weighted by Gasteiger charge is 2.33. The number of hydrogen-bond acceptors (Lipinski definition) is 7. The Bertz CT molecular complexity index is 942. The van der Waals surface area contributed by atoms with E-state index in [2.05, 4.69) is 20.5 Å². The summed E-state index contributed by atoms with van der Waals surface area (Å²) in [5.41, 5.74) is 3.42. The molecule has 3 aliphatic heterocycles. The second kappa shape index (κ2) is 9.87. The number of rotatable bonds is 4. The van der Waals surface area contributed by atoms with Crippen molar-refractivity contribution in [3.05, 3.63) is 29.6 Å². The normalized spacial score (nSPS) is 24.8. The third-order valence-corrected chi connectivity index (χ3v) is 6.60. The van der Waals surface area contributed by atoms with Crippen LogP contribution in [0, 0.1) is 5.82 Å². The number of nitrogens with zero attached hydrogens (tertiary/aromatic N) is 3. The number of carbonyl (C=O) groups excluding carboxylic acids is 3. The van der Waals surface area contributed by atoms with E-state index < -0.39 is 17.6 Å². The summed E-state index contributed by atoms with van der Waals surface area (Å²) in [6, 6.07) is 5.30. The lowest BCUT2D eigenvalue weighted by Gasteiger charge is -2.38. The lowest BCUT2D eigenvalue weighted by molar-refractivity contribution is -0.134. The van der Waals surface area contributed by atoms with Gasteiger partial charge in [0.15, 0.2) is 0 Å². The molecule has 3 amide bonds. The Morgan fingerprint density at radius 3 is 2.50 bits per heavy atom. The molecular formula is C24H34FN5O4. The van der Waals surface area contributed by atoms with Crippen molar-refractivity contribution in [1.82, 2.24) is 20.7 Å². The average molecular weight is 476 g/mol. The molecule has 0 aromatic heterocycles. The zero-order valence-electron chi connectivity index (χ0n) is 20.1. The number of piperazine rings is 1. The summed E-state index contributed by atoms with van der Waals surface area (Å²) >= 11 is 0. The average Bonchev–Trinajstić information content (AvgIpc) is 3.23. The minimum absolute atomic E-state index is 0.272. The van der Waals surface area contributed by atoms with Crippen LogP contribution in [0.25, 0.3) is 0 Å². The van der Waals surface area contributed by atoms with Crippen LogP contribution in [-0.2, 0) is 14.3 Å². The van der Waals surface area contributed by atoms with Crippen LogP contribution < -0.4 is 15.6 Å². The maximum atomic E-state index is 15.0. The Labute approximate surface area is 199 Å². The highest BCUT2D eigenvalue weighted by atomic mass is 19.1. The Hall–Kier alpha value is -2.72. The molecule has 9 nitrogen and oxygen atoms in total. The summed E-state index contributed by atoms with van der Waals surface area (Å²) in [7, 11) is 0. The summed E-state index contributed by atoms with van der Waals surface area (Å²) in [6.07, 6.45) is 1.18. The van der Waals surface area contributed by atoms with E-state index in [-0.39, 0.29) is 24.1 Å². The van der Waals surface area contributed by atoms with Crippen LogP contribution in [0.5, 0.6) is 0 Å². The molecule has 2 atom stereocenters. The van der Waals surface area contributed by atoms with Crippen LogP contribution in [0.15, 0.2) is 18.2 Å². The maximum Gasteiger partial charge on any atom is 0.422 e. The van der Waals surface area contributed by atoms with Crippen LogP contribution in [0.4, 0.5) is 14.9 Å². The summed E-state index contributed by atoms with van der Waals surface area (Å²) < 4.78 is 20.3. The van der Waals surface area contributed by atoms with Crippen molar-refractivity contribution < 1.29 is 23.5 Å². The quantitative estimate of drug-likeness (QED) is 0.643. The van der Waals surface area contributed by atoms with E-state index in [1.807, 2.05) is 25.8 Å². The number of anilines is 1. The van der Waals surface area contributed by atoms with Crippen molar-refractivity contribution in [1.29, 1.82) is 0 Å². The van der Waals surface area contributed by atoms with Crippen molar-refractivity contribution in [3.63, 3.8) is 0 Å². The topological polar surface area (TPSA) is 94.2 Å². The maximum absolute atomic E-state index is 15.0. The third-order valence-electron chi connectivity index (χ3n) is 6.60. The third kappa shape index (κ3) is 5.85. The highest BCUT2D eigenvalue weighted by molar-refractivity contribution is 6.00. The first-order valence-corrected chi connectivity index (χ1v) is 12.0. The van der Waals surface area contributed by atoms with Gasteiger partial charge in [0.25, 0.3) is 0 Å². The Morgan fingerprint density at radius 2 is 1.85 bits per heavy atom. The van der Waals surface area contributed by atoms with Crippen LogP contribution >= 0.6 is 0 Å². The van der Waals surface area contributed by atoms with E-state index >= 15 is 4.39 Å². The highest BCUT2D eigenvalue weighted by Crippen LogP contribution is 2.31. The Morgan fingerprint density at radius 1 is 1.12 bits per heavy atom. The van der Waals surface area contributed by atoms with Crippen molar-refractivity contribution in [2.45, 2.75) is 57.6 Å². The second-order valence-corrected chi connectivity index (χ2v) is 10.2. The van der Waals surface area contributed by atoms with E-state index in [1.54, 1.807) is 12.1 Å². The first kappa shape index (κ1) is 24.4. The van der Waals surface area contributed by atoms with Crippen molar-refractivity contribution in [3.8, 4) is 0 Å². The number of carbonyl (C=O) groups is 3. The molecule has 1 aromatic rings. The number of hydrazine groups is 1. The molecule has 4 rings (SSSR count). The number of amides is 3. The summed E-state index contributed by atoms with van der Waals surface area (Å²) in [5.74, 6) is -1.46. The van der Waals surface area contributed by atoms with Crippen molar-refractivity contribution in [2.24, 2.45) is 0 Å². The van der Waals surface area contributed by atoms with Crippen LogP contribution in [0.2, 0.25) is 0 Å². The zero-order chi connectivity index (χ0) is 24.5. The number of halogens is 1. The van der Waals surface area contributed by atoms with Gasteiger partial charge in [-0.3, -0.25) is 25.2 Å². The molecular weight excluding hydrogens is 441 g/mol. The van der Waals surface area contributed by atoms with E-state index in [9.17, 15) is 14.4 Å². The monoisotopic (exact) mass is 475 g/mol. The smallest absolute Gasteiger partial charge is 0.422 e. The molecule has 2 N–H and O–H groups in total. The Kier molecular flexibility index (Phi) is 7.09. The minimum atomic E-state index is -0.533. The fraction of sp³-hybridized carbons (Fsp3) is 0.625. The molecule has 0 radical (unpaired) electrons. The molecule has 3 aliphatic rings. The number of nitrogens with one attached hydrogen (secondary N) is 2. The summed E-state index contributed by atoms with van der Waals surface area (Å²) in [6.45, 7) is 10.0. The molecule has 3 fully saturated rings. The molecule has 2 unspecified atom stereocenters. The van der Waals surface area contributed by atoms with Gasteiger partial charge < -0.3 is 9.64 Å². The van der Waals surface area contributed by atoms with Gasteiger partial charge in [0, 0.05) is 51.7 Å².